The van der Waals surface area contributed by atoms with E-state index in [0.717, 1.165) is 51.0 Å². The van der Waals surface area contributed by atoms with E-state index < -0.39 is 0 Å². The molecule has 0 radical (unpaired) electrons. The fourth-order valence-corrected chi connectivity index (χ4v) is 5.13. The van der Waals surface area contributed by atoms with Gasteiger partial charge in [0.1, 0.15) is 0 Å². The first-order valence-electron chi connectivity index (χ1n) is 12.0. The molecule has 0 N–H and O–H groups in total. The van der Waals surface area contributed by atoms with Crippen LogP contribution in [0, 0.1) is 0 Å². The summed E-state index contributed by atoms with van der Waals surface area (Å²) in [6.45, 7) is 4.95. The maximum absolute atomic E-state index is 12.1. The van der Waals surface area contributed by atoms with Crippen LogP contribution in [0.3, 0.4) is 0 Å². The molecule has 1 saturated heterocycles. The van der Waals surface area contributed by atoms with E-state index in [1.165, 1.54) is 27.8 Å². The van der Waals surface area contributed by atoms with Crippen molar-refractivity contribution in [1.82, 2.24) is 9.88 Å². The Morgan fingerprint density at radius 3 is 2.18 bits per heavy atom. The van der Waals surface area contributed by atoms with Crippen molar-refractivity contribution in [2.24, 2.45) is 0 Å². The minimum Gasteiger partial charge on any atom is -0.462 e. The van der Waals surface area contributed by atoms with Gasteiger partial charge < -0.3 is 4.74 Å². The maximum atomic E-state index is 12.1. The fourth-order valence-electron chi connectivity index (χ4n) is 5.13. The summed E-state index contributed by atoms with van der Waals surface area (Å²) >= 11 is 0. The van der Waals surface area contributed by atoms with Crippen LogP contribution in [-0.4, -0.2) is 35.5 Å². The molecule has 1 aromatic heterocycles. The zero-order chi connectivity index (χ0) is 22.6. The molecule has 3 aromatic rings. The van der Waals surface area contributed by atoms with Gasteiger partial charge in [-0.15, -0.1) is 0 Å². The number of carbonyl (C=O) groups is 1. The Bertz CT molecular complexity index is 1140. The predicted octanol–water partition coefficient (Wildman–Crippen LogP) is 5.45. The molecule has 0 bridgehead atoms. The fraction of sp³-hybridized carbons (Fsp3) is 0.310. The summed E-state index contributed by atoms with van der Waals surface area (Å²) in [5, 5.41) is 0. The van der Waals surface area contributed by atoms with Crippen LogP contribution in [0.1, 0.15) is 58.1 Å². The van der Waals surface area contributed by atoms with Crippen LogP contribution in [0.4, 0.5) is 0 Å². The van der Waals surface area contributed by atoms with Gasteiger partial charge in [0, 0.05) is 25.8 Å². The van der Waals surface area contributed by atoms with Crippen LogP contribution >= 0.6 is 0 Å². The number of likely N-dealkylation sites (tertiary alicyclic amines) is 1. The number of aromatic nitrogens is 1. The van der Waals surface area contributed by atoms with Crippen LogP contribution in [0.5, 0.6) is 0 Å². The van der Waals surface area contributed by atoms with E-state index in [1.54, 1.807) is 17.8 Å². The Morgan fingerprint density at radius 1 is 0.909 bits per heavy atom. The van der Waals surface area contributed by atoms with Crippen molar-refractivity contribution in [3.05, 3.63) is 106 Å². The zero-order valence-electron chi connectivity index (χ0n) is 19.2. The van der Waals surface area contributed by atoms with Crippen molar-refractivity contribution in [2.75, 3.05) is 19.7 Å². The summed E-state index contributed by atoms with van der Waals surface area (Å²) in [7, 11) is 0. The monoisotopic (exact) mass is 438 g/mol. The number of benzene rings is 2. The number of hydrogen-bond acceptors (Lipinski definition) is 4. The molecule has 2 heterocycles. The highest BCUT2D eigenvalue weighted by molar-refractivity contribution is 5.89. The Kier molecular flexibility index (Phi) is 6.36. The van der Waals surface area contributed by atoms with E-state index >= 15 is 0 Å². The molecule has 0 unspecified atom stereocenters. The van der Waals surface area contributed by atoms with Crippen LogP contribution in [0.15, 0.2) is 72.4 Å². The second kappa shape index (κ2) is 9.72. The third-order valence-corrected chi connectivity index (χ3v) is 6.76. The van der Waals surface area contributed by atoms with Crippen LogP contribution in [0.2, 0.25) is 0 Å². The van der Waals surface area contributed by atoms with Crippen molar-refractivity contribution >= 4 is 11.5 Å². The highest BCUT2D eigenvalue weighted by Gasteiger charge is 2.24. The molecule has 0 atom stereocenters. The number of carbonyl (C=O) groups excluding carboxylic acids is 1. The topological polar surface area (TPSA) is 42.4 Å². The van der Waals surface area contributed by atoms with E-state index in [1.807, 2.05) is 13.0 Å². The molecular formula is C29H30N2O2. The maximum Gasteiger partial charge on any atom is 0.338 e. The van der Waals surface area contributed by atoms with Crippen LogP contribution < -0.4 is 0 Å². The Hall–Kier alpha value is -3.24. The van der Waals surface area contributed by atoms with Crippen molar-refractivity contribution in [1.29, 1.82) is 0 Å². The summed E-state index contributed by atoms with van der Waals surface area (Å²) in [4.78, 5) is 19.0. The lowest BCUT2D eigenvalue weighted by Crippen LogP contribution is -2.31. The standard InChI is InChI=1S/C29H30N2O2/c1-2-33-29(32)24-13-16-30-25(19-24)20-31-17-14-23(15-18-31)28-26-9-5-3-7-21(26)11-12-22-8-4-6-10-27(22)28/h3-10,13,16,19H,2,11-12,14-15,17-18,20H2,1H3. The number of ether oxygens (including phenoxy) is 1. The molecule has 0 amide bonds. The third kappa shape index (κ3) is 4.62. The number of rotatable bonds is 4. The molecule has 168 valence electrons. The normalized spacial score (nSPS) is 16.0. The molecule has 1 aliphatic heterocycles. The summed E-state index contributed by atoms with van der Waals surface area (Å²) in [5.41, 5.74) is 10.2. The van der Waals surface area contributed by atoms with Crippen molar-refractivity contribution in [3.63, 3.8) is 0 Å². The number of fused-ring (bicyclic) bond motifs is 2. The number of esters is 1. The molecule has 33 heavy (non-hydrogen) atoms. The lowest BCUT2D eigenvalue weighted by Gasteiger charge is -2.30. The third-order valence-electron chi connectivity index (χ3n) is 6.76. The summed E-state index contributed by atoms with van der Waals surface area (Å²) in [6, 6.07) is 21.4. The number of pyridine rings is 1. The van der Waals surface area contributed by atoms with Gasteiger partial charge in [0.25, 0.3) is 0 Å². The first-order valence-corrected chi connectivity index (χ1v) is 12.0. The molecule has 1 fully saturated rings. The molecule has 4 nitrogen and oxygen atoms in total. The van der Waals surface area contributed by atoms with Gasteiger partial charge >= 0.3 is 5.97 Å². The van der Waals surface area contributed by atoms with Gasteiger partial charge in [0.15, 0.2) is 0 Å². The molecule has 2 aromatic carbocycles. The van der Waals surface area contributed by atoms with Crippen molar-refractivity contribution < 1.29 is 9.53 Å². The van der Waals surface area contributed by atoms with Gasteiger partial charge in [-0.25, -0.2) is 4.79 Å². The zero-order valence-corrected chi connectivity index (χ0v) is 19.2. The number of nitrogens with zero attached hydrogens (tertiary/aromatic N) is 2. The first kappa shape index (κ1) is 21.6. The quantitative estimate of drug-likeness (QED) is 0.508. The second-order valence-electron chi connectivity index (χ2n) is 8.83. The smallest absolute Gasteiger partial charge is 0.338 e. The molecule has 4 heteroatoms. The molecule has 0 spiro atoms. The van der Waals surface area contributed by atoms with Gasteiger partial charge in [-0.3, -0.25) is 9.88 Å². The molecule has 2 aliphatic rings. The highest BCUT2D eigenvalue weighted by atomic mass is 16.5. The molecule has 0 saturated carbocycles. The van der Waals surface area contributed by atoms with E-state index in [-0.39, 0.29) is 5.97 Å². The first-order chi connectivity index (χ1) is 16.2. The van der Waals surface area contributed by atoms with Gasteiger partial charge in [0.2, 0.25) is 0 Å². The SMILES string of the molecule is CCOC(=O)c1ccnc(CN2CCC(=C3c4ccccc4CCc4ccccc43)CC2)c1. The Balaban J connectivity index is 1.38. The summed E-state index contributed by atoms with van der Waals surface area (Å²) < 4.78 is 5.14. The largest absolute Gasteiger partial charge is 0.462 e. The van der Waals surface area contributed by atoms with E-state index in [4.69, 9.17) is 4.74 Å². The minimum absolute atomic E-state index is 0.280. The van der Waals surface area contributed by atoms with E-state index in [0.29, 0.717) is 12.2 Å². The van der Waals surface area contributed by atoms with Gasteiger partial charge in [-0.2, -0.15) is 0 Å². The number of aryl methyl sites for hydroxylation is 2. The molecular weight excluding hydrogens is 408 g/mol. The Morgan fingerprint density at radius 2 is 1.55 bits per heavy atom. The van der Waals surface area contributed by atoms with Gasteiger partial charge in [-0.1, -0.05) is 54.1 Å². The average Bonchev–Trinajstić information content (AvgIpc) is 3.02. The lowest BCUT2D eigenvalue weighted by atomic mass is 9.86. The predicted molar refractivity (Wildman–Crippen MR) is 131 cm³/mol. The van der Waals surface area contributed by atoms with E-state index in [9.17, 15) is 4.79 Å². The highest BCUT2D eigenvalue weighted by Crippen LogP contribution is 2.38. The number of hydrogen-bond donors (Lipinski definition) is 0. The van der Waals surface area contributed by atoms with Crippen molar-refractivity contribution in [3.8, 4) is 0 Å². The summed E-state index contributed by atoms with van der Waals surface area (Å²) in [5.74, 6) is -0.280. The van der Waals surface area contributed by atoms with E-state index in [2.05, 4.69) is 58.4 Å². The van der Waals surface area contributed by atoms with Crippen LogP contribution in [-0.2, 0) is 24.1 Å². The average molecular weight is 439 g/mol. The number of piperidine rings is 1. The van der Waals surface area contributed by atoms with Crippen molar-refractivity contribution in [2.45, 2.75) is 39.2 Å². The van der Waals surface area contributed by atoms with Crippen LogP contribution in [0.25, 0.3) is 5.57 Å². The molecule has 1 aliphatic carbocycles. The molecule has 5 rings (SSSR count). The Labute approximate surface area is 195 Å². The lowest BCUT2D eigenvalue weighted by molar-refractivity contribution is 0.0526. The summed E-state index contributed by atoms with van der Waals surface area (Å²) in [6.07, 6.45) is 6.00. The van der Waals surface area contributed by atoms with Gasteiger partial charge in [0.05, 0.1) is 17.9 Å². The second-order valence-corrected chi connectivity index (χ2v) is 8.83. The van der Waals surface area contributed by atoms with Gasteiger partial charge in [-0.05, 0) is 72.6 Å². The minimum atomic E-state index is -0.280.